The van der Waals surface area contributed by atoms with Gasteiger partial charge in [0.15, 0.2) is 0 Å². The van der Waals surface area contributed by atoms with Gasteiger partial charge in [-0.05, 0) is 92.2 Å². The van der Waals surface area contributed by atoms with Crippen molar-refractivity contribution in [3.8, 4) is 5.88 Å². The second-order valence-corrected chi connectivity index (χ2v) is 18.0. The molecule has 4 atom stereocenters. The summed E-state index contributed by atoms with van der Waals surface area (Å²) in [5.74, 6) is -0.618. The molecule has 4 rings (SSSR count). The highest BCUT2D eigenvalue weighted by Crippen LogP contribution is 2.34. The van der Waals surface area contributed by atoms with Gasteiger partial charge in [-0.3, -0.25) is 14.3 Å². The Labute approximate surface area is 298 Å². The molecule has 3 amide bonds. The molecule has 4 unspecified atom stereocenters. The van der Waals surface area contributed by atoms with E-state index in [-0.39, 0.29) is 25.4 Å². The number of aromatic nitrogens is 1. The molecular weight excluding hydrogens is 714 g/mol. The molecule has 1 saturated heterocycles. The average molecular weight is 765 g/mol. The fourth-order valence-corrected chi connectivity index (χ4v) is 7.61. The van der Waals surface area contributed by atoms with Crippen LogP contribution >= 0.6 is 15.9 Å². The first-order chi connectivity index (χ1) is 22.6. The number of carbonyl (C=O) groups is 3. The number of hydrogen-bond acceptors (Lipinski definition) is 9. The summed E-state index contributed by atoms with van der Waals surface area (Å²) in [5.41, 5.74) is -1.83. The van der Waals surface area contributed by atoms with Gasteiger partial charge in [0, 0.05) is 24.4 Å². The first-order valence-electron chi connectivity index (χ1n) is 16.6. The normalized spacial score (nSPS) is 20.3. The van der Waals surface area contributed by atoms with E-state index in [1.54, 1.807) is 38.7 Å². The molecule has 1 aliphatic carbocycles. The summed E-state index contributed by atoms with van der Waals surface area (Å²) in [6, 6.07) is 6.32. The van der Waals surface area contributed by atoms with Crippen LogP contribution in [-0.4, -0.2) is 83.9 Å². The monoisotopic (exact) mass is 763 g/mol. The molecule has 1 saturated carbocycles. The second kappa shape index (κ2) is 14.6. The lowest BCUT2D eigenvalue weighted by atomic mass is 9.85. The smallest absolute Gasteiger partial charge is 0.408 e. The molecule has 0 bridgehead atoms. The number of aryl methyl sites for hydroxylation is 1. The van der Waals surface area contributed by atoms with Gasteiger partial charge in [-0.15, -0.1) is 6.58 Å². The zero-order valence-electron chi connectivity index (χ0n) is 29.7. The number of halogens is 1. The van der Waals surface area contributed by atoms with Gasteiger partial charge in [0.2, 0.25) is 21.8 Å². The third-order valence-corrected chi connectivity index (χ3v) is 11.4. The maximum absolute atomic E-state index is 14.4. The fourth-order valence-electron chi connectivity index (χ4n) is 5.83. The van der Waals surface area contributed by atoms with Crippen molar-refractivity contribution < 1.29 is 32.3 Å². The van der Waals surface area contributed by atoms with Gasteiger partial charge < -0.3 is 25.0 Å². The molecular formula is C35H50BrN5O7S. The predicted octanol–water partition coefficient (Wildman–Crippen LogP) is 5.13. The number of nitrogens with one attached hydrogen (secondary N) is 3. The number of hydrogen-bond donors (Lipinski definition) is 3. The largest absolute Gasteiger partial charge is 0.472 e. The molecule has 2 aliphatic rings. The minimum absolute atomic E-state index is 0.127. The van der Waals surface area contributed by atoms with E-state index in [9.17, 15) is 22.8 Å². The molecule has 0 spiro atoms. The highest BCUT2D eigenvalue weighted by Gasteiger charge is 2.46. The van der Waals surface area contributed by atoms with Crippen LogP contribution in [0.1, 0.15) is 79.7 Å². The van der Waals surface area contributed by atoms with E-state index in [0.717, 1.165) is 16.3 Å². The summed E-state index contributed by atoms with van der Waals surface area (Å²) in [5, 5.41) is 7.28. The number of fused-ring (bicyclic) bond motifs is 1. The van der Waals surface area contributed by atoms with Crippen molar-refractivity contribution in [2.24, 2.45) is 5.41 Å². The first kappa shape index (κ1) is 38.6. The Bertz CT molecular complexity index is 1700. The number of ether oxygens (including phenoxy) is 2. The molecule has 0 radical (unpaired) electrons. The van der Waals surface area contributed by atoms with E-state index in [1.807, 2.05) is 52.0 Å². The van der Waals surface area contributed by atoms with Crippen LogP contribution in [0.4, 0.5) is 4.79 Å². The van der Waals surface area contributed by atoms with Crippen LogP contribution in [0.2, 0.25) is 0 Å². The van der Waals surface area contributed by atoms with E-state index in [4.69, 9.17) is 9.47 Å². The predicted molar refractivity (Wildman–Crippen MR) is 193 cm³/mol. The van der Waals surface area contributed by atoms with Crippen LogP contribution in [-0.2, 0) is 24.3 Å². The molecule has 3 N–H and O–H groups in total. The number of nitrogens with zero attached hydrogens (tertiary/aromatic N) is 2. The van der Waals surface area contributed by atoms with Gasteiger partial charge in [0.05, 0.1) is 17.3 Å². The summed E-state index contributed by atoms with van der Waals surface area (Å²) >= 11 is 3.55. The zero-order valence-corrected chi connectivity index (χ0v) is 32.1. The van der Waals surface area contributed by atoms with Crippen molar-refractivity contribution in [3.63, 3.8) is 0 Å². The van der Waals surface area contributed by atoms with E-state index < -0.39 is 62.0 Å². The van der Waals surface area contributed by atoms with Crippen molar-refractivity contribution >= 4 is 54.6 Å². The molecule has 1 aliphatic heterocycles. The van der Waals surface area contributed by atoms with Crippen molar-refractivity contribution in [1.29, 1.82) is 0 Å². The number of amides is 3. The number of pyridine rings is 1. The van der Waals surface area contributed by atoms with Crippen LogP contribution in [0.25, 0.3) is 10.8 Å². The molecule has 14 heteroatoms. The Morgan fingerprint density at radius 1 is 1.10 bits per heavy atom. The summed E-state index contributed by atoms with van der Waals surface area (Å²) < 4.78 is 40.2. The van der Waals surface area contributed by atoms with Gasteiger partial charge in [-0.2, -0.15) is 0 Å². The SMILES string of the molecule is C=CCC(C)(NCC1CC(Oc2nc(Br)c(C)c3ccccc23)CN1C(=O)C(NC(=O)OC(C)(C)C)C(C)(C)C)C(=O)NS(=O)(=O)C1CC1. The third-order valence-electron chi connectivity index (χ3n) is 8.76. The Balaban J connectivity index is 1.64. The lowest BCUT2D eigenvalue weighted by Crippen LogP contribution is -2.60. The van der Waals surface area contributed by atoms with Gasteiger partial charge in [-0.1, -0.05) is 45.0 Å². The van der Waals surface area contributed by atoms with Crippen molar-refractivity contribution in [3.05, 3.63) is 47.1 Å². The maximum Gasteiger partial charge on any atom is 0.408 e. The van der Waals surface area contributed by atoms with E-state index in [1.165, 1.54) is 0 Å². The summed E-state index contributed by atoms with van der Waals surface area (Å²) in [6.07, 6.45) is 1.89. The quantitative estimate of drug-likeness (QED) is 0.197. The summed E-state index contributed by atoms with van der Waals surface area (Å²) in [4.78, 5) is 47.1. The van der Waals surface area contributed by atoms with Crippen LogP contribution in [0.5, 0.6) is 5.88 Å². The number of carbonyl (C=O) groups excluding carboxylic acids is 3. The molecule has 12 nitrogen and oxygen atoms in total. The minimum Gasteiger partial charge on any atom is -0.472 e. The minimum atomic E-state index is -3.79. The molecule has 1 aromatic carbocycles. The first-order valence-corrected chi connectivity index (χ1v) is 18.9. The van der Waals surface area contributed by atoms with Crippen molar-refractivity contribution in [2.75, 3.05) is 13.1 Å². The number of benzene rings is 1. The Morgan fingerprint density at radius 3 is 2.31 bits per heavy atom. The average Bonchev–Trinajstić information content (AvgIpc) is 3.78. The summed E-state index contributed by atoms with van der Waals surface area (Å²) in [7, 11) is -3.79. The number of alkyl carbamates (subject to hydrolysis) is 1. The van der Waals surface area contributed by atoms with E-state index in [0.29, 0.717) is 29.7 Å². The molecule has 2 aromatic rings. The van der Waals surface area contributed by atoms with Crippen LogP contribution in [0, 0.1) is 12.3 Å². The second-order valence-electron chi connectivity index (χ2n) is 15.3. The van der Waals surface area contributed by atoms with Crippen LogP contribution in [0.3, 0.4) is 0 Å². The van der Waals surface area contributed by atoms with Crippen LogP contribution in [0.15, 0.2) is 41.5 Å². The third kappa shape index (κ3) is 9.52. The Hall–Kier alpha value is -3.23. The van der Waals surface area contributed by atoms with Gasteiger partial charge in [-0.25, -0.2) is 18.2 Å². The number of rotatable bonds is 12. The van der Waals surface area contributed by atoms with Crippen LogP contribution < -0.4 is 20.1 Å². The standard InChI is InChI=1S/C35H50BrN5O7S/c1-10-17-35(9,31(43)40-49(45,46)24-15-16-24)37-19-22-18-23(47-29-26-14-12-11-13-25(26)21(2)28(36)39-29)20-41(22)30(42)27(33(3,4)5)38-32(44)48-34(6,7)8/h10-14,22-24,27,37H,1,15-20H2,2-9H3,(H,38,44)(H,40,43). The number of sulfonamides is 1. The Kier molecular flexibility index (Phi) is 11.5. The zero-order chi connectivity index (χ0) is 36.5. The topological polar surface area (TPSA) is 156 Å². The maximum atomic E-state index is 14.4. The fraction of sp³-hybridized carbons (Fsp3) is 0.600. The van der Waals surface area contributed by atoms with Crippen molar-refractivity contribution in [2.45, 2.75) is 116 Å². The highest BCUT2D eigenvalue weighted by atomic mass is 79.9. The van der Waals surface area contributed by atoms with Crippen molar-refractivity contribution in [1.82, 2.24) is 25.2 Å². The van der Waals surface area contributed by atoms with Gasteiger partial charge >= 0.3 is 6.09 Å². The lowest BCUT2D eigenvalue weighted by Gasteiger charge is -2.37. The molecule has 2 fully saturated rings. The lowest BCUT2D eigenvalue weighted by molar-refractivity contribution is -0.137. The highest BCUT2D eigenvalue weighted by molar-refractivity contribution is 9.10. The van der Waals surface area contributed by atoms with E-state index >= 15 is 0 Å². The molecule has 1 aromatic heterocycles. The molecule has 2 heterocycles. The summed E-state index contributed by atoms with van der Waals surface area (Å²) in [6.45, 7) is 18.5. The van der Waals surface area contributed by atoms with Gasteiger partial charge in [0.25, 0.3) is 5.91 Å². The molecule has 49 heavy (non-hydrogen) atoms. The Morgan fingerprint density at radius 2 is 1.73 bits per heavy atom. The molecule has 270 valence electrons. The van der Waals surface area contributed by atoms with E-state index in [2.05, 4.69) is 42.8 Å². The van der Waals surface area contributed by atoms with Gasteiger partial charge in [0.1, 0.15) is 22.4 Å². The number of likely N-dealkylation sites (tertiary alicyclic amines) is 1.